The van der Waals surface area contributed by atoms with E-state index in [1.54, 1.807) is 11.8 Å². The minimum absolute atomic E-state index is 0.0561. The summed E-state index contributed by atoms with van der Waals surface area (Å²) in [5.41, 5.74) is 1.23. The van der Waals surface area contributed by atoms with E-state index >= 15 is 0 Å². The van der Waals surface area contributed by atoms with Gasteiger partial charge in [0.15, 0.2) is 0 Å². The van der Waals surface area contributed by atoms with Crippen molar-refractivity contribution in [3.8, 4) is 5.75 Å². The summed E-state index contributed by atoms with van der Waals surface area (Å²) in [6.45, 7) is 4.58. The van der Waals surface area contributed by atoms with Gasteiger partial charge in [-0.25, -0.2) is 0 Å². The van der Waals surface area contributed by atoms with Crippen LogP contribution in [0.5, 0.6) is 5.75 Å². The number of methoxy groups -OCH3 is 1. The first kappa shape index (κ1) is 14.9. The molecular weight excluding hydrogens is 248 g/mol. The van der Waals surface area contributed by atoms with Crippen LogP contribution < -0.4 is 4.74 Å². The van der Waals surface area contributed by atoms with Crippen molar-refractivity contribution in [1.82, 2.24) is 0 Å². The van der Waals surface area contributed by atoms with Crippen LogP contribution in [0.2, 0.25) is 0 Å². The molecule has 0 aliphatic carbocycles. The fraction of sp³-hybridized carbons (Fsp3) is 0.500. The zero-order valence-electron chi connectivity index (χ0n) is 11.1. The summed E-state index contributed by atoms with van der Waals surface area (Å²) in [6, 6.07) is 8.00. The number of ether oxygens (including phenoxy) is 2. The number of hydrogen-bond acceptors (Lipinski definition) is 4. The maximum atomic E-state index is 11.2. The molecule has 1 atom stereocenters. The highest BCUT2D eigenvalue weighted by Crippen LogP contribution is 2.13. The highest BCUT2D eigenvalue weighted by molar-refractivity contribution is 7.99. The van der Waals surface area contributed by atoms with Crippen molar-refractivity contribution in [2.75, 3.05) is 25.2 Å². The van der Waals surface area contributed by atoms with Gasteiger partial charge in [-0.05, 0) is 19.1 Å². The molecule has 0 heterocycles. The van der Waals surface area contributed by atoms with E-state index in [2.05, 4.69) is 4.74 Å². The molecular formula is C14H20O3S. The third-order valence-electron chi connectivity index (χ3n) is 2.49. The molecule has 0 fully saturated rings. The van der Waals surface area contributed by atoms with Gasteiger partial charge >= 0.3 is 5.97 Å². The Balaban J connectivity index is 2.12. The minimum Gasteiger partial charge on any atom is -0.493 e. The van der Waals surface area contributed by atoms with Crippen molar-refractivity contribution < 1.29 is 14.3 Å². The van der Waals surface area contributed by atoms with Crippen LogP contribution >= 0.6 is 11.8 Å². The van der Waals surface area contributed by atoms with E-state index in [9.17, 15) is 4.79 Å². The van der Waals surface area contributed by atoms with Gasteiger partial charge in [-0.2, -0.15) is 11.8 Å². The average molecular weight is 268 g/mol. The summed E-state index contributed by atoms with van der Waals surface area (Å²) >= 11 is 1.70. The topological polar surface area (TPSA) is 35.5 Å². The van der Waals surface area contributed by atoms with Gasteiger partial charge in [0.2, 0.25) is 0 Å². The Hall–Kier alpha value is -1.16. The van der Waals surface area contributed by atoms with Crippen LogP contribution in [-0.2, 0) is 9.53 Å². The second-order valence-corrected chi connectivity index (χ2v) is 5.31. The van der Waals surface area contributed by atoms with Crippen LogP contribution in [0.25, 0.3) is 0 Å². The second kappa shape index (κ2) is 8.03. The number of rotatable bonds is 7. The Morgan fingerprint density at radius 3 is 2.61 bits per heavy atom. The smallest absolute Gasteiger partial charge is 0.309 e. The molecule has 1 rings (SSSR count). The largest absolute Gasteiger partial charge is 0.493 e. The normalized spacial score (nSPS) is 11.9. The third-order valence-corrected chi connectivity index (χ3v) is 3.68. The molecule has 1 unspecified atom stereocenters. The number of thioether (sulfide) groups is 1. The Morgan fingerprint density at radius 1 is 1.33 bits per heavy atom. The zero-order chi connectivity index (χ0) is 13.4. The number of carbonyl (C=O) groups is 1. The summed E-state index contributed by atoms with van der Waals surface area (Å²) in [5.74, 6) is 2.32. The quantitative estimate of drug-likeness (QED) is 0.562. The van der Waals surface area contributed by atoms with Gasteiger partial charge in [0.25, 0.3) is 0 Å². The molecule has 0 N–H and O–H groups in total. The molecule has 0 radical (unpaired) electrons. The third kappa shape index (κ3) is 5.45. The van der Waals surface area contributed by atoms with E-state index in [1.807, 2.05) is 38.1 Å². The summed E-state index contributed by atoms with van der Waals surface area (Å²) in [5, 5.41) is 0. The first-order valence-corrected chi connectivity index (χ1v) is 7.14. The first-order chi connectivity index (χ1) is 8.63. The first-order valence-electron chi connectivity index (χ1n) is 5.98. The van der Waals surface area contributed by atoms with Crippen molar-refractivity contribution in [2.45, 2.75) is 13.8 Å². The lowest BCUT2D eigenvalue weighted by molar-refractivity contribution is -0.143. The number of hydrogen-bond donors (Lipinski definition) is 0. The Kier molecular flexibility index (Phi) is 6.65. The van der Waals surface area contributed by atoms with Gasteiger partial charge in [-0.15, -0.1) is 0 Å². The van der Waals surface area contributed by atoms with Crippen LogP contribution in [-0.4, -0.2) is 31.2 Å². The highest BCUT2D eigenvalue weighted by atomic mass is 32.2. The van der Waals surface area contributed by atoms with Crippen LogP contribution in [0.1, 0.15) is 12.5 Å². The average Bonchev–Trinajstić information content (AvgIpc) is 2.39. The molecule has 0 saturated heterocycles. The molecule has 0 aromatic heterocycles. The summed E-state index contributed by atoms with van der Waals surface area (Å²) in [7, 11) is 1.42. The molecule has 0 amide bonds. The predicted molar refractivity (Wildman–Crippen MR) is 75.2 cm³/mol. The van der Waals surface area contributed by atoms with E-state index < -0.39 is 0 Å². The highest BCUT2D eigenvalue weighted by Gasteiger charge is 2.12. The molecule has 4 heteroatoms. The van der Waals surface area contributed by atoms with Crippen LogP contribution in [0.3, 0.4) is 0 Å². The van der Waals surface area contributed by atoms with Gasteiger partial charge < -0.3 is 9.47 Å². The Morgan fingerprint density at radius 2 is 2.00 bits per heavy atom. The summed E-state index contributed by atoms with van der Waals surface area (Å²) in [4.78, 5) is 11.2. The number of benzene rings is 1. The van der Waals surface area contributed by atoms with Crippen LogP contribution in [0, 0.1) is 12.8 Å². The summed E-state index contributed by atoms with van der Waals surface area (Å²) < 4.78 is 10.3. The van der Waals surface area contributed by atoms with E-state index in [0.29, 0.717) is 6.61 Å². The molecule has 1 aromatic rings. The summed E-state index contributed by atoms with van der Waals surface area (Å²) in [6.07, 6.45) is 0. The molecule has 0 aliphatic heterocycles. The van der Waals surface area contributed by atoms with Crippen molar-refractivity contribution in [3.63, 3.8) is 0 Å². The molecule has 0 spiro atoms. The van der Waals surface area contributed by atoms with E-state index in [-0.39, 0.29) is 11.9 Å². The lowest BCUT2D eigenvalue weighted by atomic mass is 10.2. The van der Waals surface area contributed by atoms with Crippen molar-refractivity contribution in [2.24, 2.45) is 5.92 Å². The molecule has 0 bridgehead atoms. The molecule has 1 aromatic carbocycles. The fourth-order valence-electron chi connectivity index (χ4n) is 1.38. The lowest BCUT2D eigenvalue weighted by Gasteiger charge is -2.09. The molecule has 100 valence electrons. The van der Waals surface area contributed by atoms with Gasteiger partial charge in [-0.1, -0.05) is 24.6 Å². The molecule has 0 aliphatic rings. The van der Waals surface area contributed by atoms with Gasteiger partial charge in [-0.3, -0.25) is 4.79 Å². The van der Waals surface area contributed by atoms with Crippen molar-refractivity contribution in [1.29, 1.82) is 0 Å². The van der Waals surface area contributed by atoms with E-state index in [0.717, 1.165) is 17.3 Å². The molecule has 18 heavy (non-hydrogen) atoms. The van der Waals surface area contributed by atoms with Gasteiger partial charge in [0.1, 0.15) is 5.75 Å². The Bertz CT molecular complexity index is 362. The van der Waals surface area contributed by atoms with E-state index in [1.165, 1.54) is 12.7 Å². The van der Waals surface area contributed by atoms with E-state index in [4.69, 9.17) is 4.74 Å². The number of aryl methyl sites for hydroxylation is 1. The maximum absolute atomic E-state index is 11.2. The van der Waals surface area contributed by atoms with Gasteiger partial charge in [0.05, 0.1) is 19.6 Å². The number of esters is 1. The standard InChI is InChI=1S/C14H20O3S/c1-11-4-6-13(7-5-11)17-8-9-18-10-12(2)14(15)16-3/h4-7,12H,8-10H2,1-3H3. The molecule has 3 nitrogen and oxygen atoms in total. The molecule has 0 saturated carbocycles. The number of carbonyl (C=O) groups excluding carboxylic acids is 1. The minimum atomic E-state index is -0.151. The monoisotopic (exact) mass is 268 g/mol. The lowest BCUT2D eigenvalue weighted by Crippen LogP contribution is -2.15. The van der Waals surface area contributed by atoms with Gasteiger partial charge in [0, 0.05) is 11.5 Å². The van der Waals surface area contributed by atoms with Crippen molar-refractivity contribution in [3.05, 3.63) is 29.8 Å². The Labute approximate surface area is 113 Å². The van der Waals surface area contributed by atoms with Crippen molar-refractivity contribution >= 4 is 17.7 Å². The maximum Gasteiger partial charge on any atom is 0.309 e. The second-order valence-electron chi connectivity index (χ2n) is 4.16. The van der Waals surface area contributed by atoms with Crippen LogP contribution in [0.15, 0.2) is 24.3 Å². The van der Waals surface area contributed by atoms with Crippen LogP contribution in [0.4, 0.5) is 0 Å². The fourth-order valence-corrected chi connectivity index (χ4v) is 2.24. The predicted octanol–water partition coefficient (Wildman–Crippen LogP) is 2.92. The zero-order valence-corrected chi connectivity index (χ0v) is 12.0. The SMILES string of the molecule is COC(=O)C(C)CSCCOc1ccc(C)cc1.